The van der Waals surface area contributed by atoms with E-state index in [9.17, 15) is 19.2 Å². The van der Waals surface area contributed by atoms with Crippen LogP contribution in [0.5, 0.6) is 0 Å². The number of hydrogen-bond acceptors (Lipinski definition) is 9. The minimum atomic E-state index is -0.725. The molecule has 2 aliphatic carbocycles. The first-order chi connectivity index (χ1) is 32.8. The molecular formula is C52H68FN9O6. The van der Waals surface area contributed by atoms with E-state index in [1.807, 2.05) is 49.6 Å². The Hall–Kier alpha value is -5.93. The maximum atomic E-state index is 16.4. The average Bonchev–Trinajstić information content (AvgIpc) is 4.20. The van der Waals surface area contributed by atoms with Gasteiger partial charge in [-0.2, -0.15) is 0 Å². The fourth-order valence-electron chi connectivity index (χ4n) is 11.8. The Kier molecular flexibility index (Phi) is 13.8. The molecule has 68 heavy (non-hydrogen) atoms. The van der Waals surface area contributed by atoms with Crippen LogP contribution in [0.15, 0.2) is 36.4 Å². The van der Waals surface area contributed by atoms with Crippen molar-refractivity contribution in [2.75, 3.05) is 32.2 Å². The Bertz CT molecular complexity index is 2640. The monoisotopic (exact) mass is 934 g/mol. The van der Waals surface area contributed by atoms with Crippen molar-refractivity contribution < 1.29 is 33.0 Å². The van der Waals surface area contributed by atoms with Crippen LogP contribution in [-0.2, 0) is 19.1 Å². The van der Waals surface area contributed by atoms with Gasteiger partial charge in [-0.1, -0.05) is 71.2 Å². The van der Waals surface area contributed by atoms with E-state index in [2.05, 4.69) is 55.9 Å². The number of alkyl carbamates (subject to hydrolysis) is 2. The van der Waals surface area contributed by atoms with Gasteiger partial charge in [0, 0.05) is 30.7 Å². The second kappa shape index (κ2) is 20.0. The number of hydrogen-bond donors (Lipinski definition) is 4. The van der Waals surface area contributed by atoms with Gasteiger partial charge in [-0.05, 0) is 111 Å². The van der Waals surface area contributed by atoms with Crippen LogP contribution in [0, 0.1) is 23.6 Å². The van der Waals surface area contributed by atoms with Crippen LogP contribution in [0.1, 0.15) is 152 Å². The molecule has 9 rings (SSSR count). The molecule has 4 fully saturated rings. The van der Waals surface area contributed by atoms with Gasteiger partial charge in [-0.15, -0.1) is 0 Å². The summed E-state index contributed by atoms with van der Waals surface area (Å²) in [5.74, 6) is 1.07. The van der Waals surface area contributed by atoms with Crippen molar-refractivity contribution in [2.24, 2.45) is 17.8 Å². The number of halogens is 1. The van der Waals surface area contributed by atoms with Gasteiger partial charge in [0.15, 0.2) is 0 Å². The number of nitrogens with zero attached hydrogens (tertiary/aromatic N) is 5. The summed E-state index contributed by atoms with van der Waals surface area (Å²) in [6.45, 7) is 8.78. The number of H-pyrrole nitrogens is 2. The van der Waals surface area contributed by atoms with E-state index in [-0.39, 0.29) is 65.5 Å². The molecule has 5 aliphatic rings. The standard InChI is InChI=1S/C52H68FN9O6/c1-29(2)45(58-51(65)67-5)49(63)60-24-10-14-43(60)47-54-37-20-16-32(26-39(37)56-47)41-22-23-42(62(41)34-18-19-35(36(53)28-34)31-12-8-7-9-13-31)33-17-21-38-40(27-33)57-48(55-38)44-15-11-25-61(44)50(64)46(30(3)4)59-52(66)68-6/h16,18-21,26-31,33,41-46H,7-15,17,22-25H2,1-6H3,(H,54,56)(H,55,57)(H,58,65)(H,59,66)/t33?,41-,42-,43+,44+,45+,46+/m1/s1. The number of likely N-dealkylation sites (tertiary alicyclic amines) is 2. The Morgan fingerprint density at radius 3 is 1.96 bits per heavy atom. The number of amides is 4. The van der Waals surface area contributed by atoms with Gasteiger partial charge in [0.25, 0.3) is 0 Å². The third-order valence-electron chi connectivity index (χ3n) is 15.4. The highest BCUT2D eigenvalue weighted by Crippen LogP contribution is 2.46. The number of rotatable bonds is 12. The van der Waals surface area contributed by atoms with E-state index in [0.29, 0.717) is 18.9 Å². The van der Waals surface area contributed by atoms with Crippen molar-refractivity contribution in [3.8, 4) is 0 Å². The fourth-order valence-corrected chi connectivity index (χ4v) is 11.8. The molecule has 3 aliphatic heterocycles. The Morgan fingerprint density at radius 1 is 0.721 bits per heavy atom. The van der Waals surface area contributed by atoms with E-state index in [4.69, 9.17) is 19.4 Å². The predicted octanol–water partition coefficient (Wildman–Crippen LogP) is 7.55. The van der Waals surface area contributed by atoms with Gasteiger partial charge < -0.3 is 44.8 Å². The molecule has 5 heterocycles. The van der Waals surface area contributed by atoms with Crippen LogP contribution in [0.2, 0.25) is 0 Å². The first kappa shape index (κ1) is 47.1. The van der Waals surface area contributed by atoms with Gasteiger partial charge in [-0.25, -0.2) is 23.9 Å². The Balaban J connectivity index is 1.01. The van der Waals surface area contributed by atoms with E-state index in [1.54, 1.807) is 6.07 Å². The molecule has 4 aromatic rings. The van der Waals surface area contributed by atoms with Crippen LogP contribution in [-0.4, -0.2) is 99.2 Å². The summed E-state index contributed by atoms with van der Waals surface area (Å²) in [5, 5.41) is 7.28. The number of aromatic nitrogens is 4. The zero-order chi connectivity index (χ0) is 47.8. The molecule has 0 radical (unpaired) electrons. The number of carbonyl (C=O) groups excluding carboxylic acids is 4. The van der Waals surface area contributed by atoms with Crippen molar-refractivity contribution >= 4 is 52.9 Å². The van der Waals surface area contributed by atoms with E-state index in [1.165, 1.54) is 20.6 Å². The molecule has 16 heteroatoms. The number of aromatic amines is 2. The summed E-state index contributed by atoms with van der Waals surface area (Å²) in [4.78, 5) is 75.7. The van der Waals surface area contributed by atoms with Crippen LogP contribution < -0.4 is 26.2 Å². The summed E-state index contributed by atoms with van der Waals surface area (Å²) in [6.07, 6.45) is 14.4. The molecular weight excluding hydrogens is 866 g/mol. The summed E-state index contributed by atoms with van der Waals surface area (Å²) < 4.78 is 26.1. The molecule has 2 aromatic carbocycles. The molecule has 364 valence electrons. The fraction of sp³-hybridized carbons (Fsp3) is 0.577. The number of carbonyl (C=O) groups is 4. The molecule has 0 bridgehead atoms. The van der Waals surface area contributed by atoms with Crippen molar-refractivity contribution in [3.05, 3.63) is 75.7 Å². The largest absolute Gasteiger partial charge is 0.453 e. The normalized spacial score (nSPS) is 23.9. The number of ether oxygens (including phenoxy) is 2. The highest BCUT2D eigenvalue weighted by atomic mass is 19.1. The topological polar surface area (TPSA) is 178 Å². The molecule has 2 aromatic heterocycles. The molecule has 4 amide bonds. The lowest BCUT2D eigenvalue weighted by molar-refractivity contribution is -0.136. The predicted molar refractivity (Wildman–Crippen MR) is 257 cm³/mol. The summed E-state index contributed by atoms with van der Waals surface area (Å²) in [6, 6.07) is 10.3. The molecule has 4 N–H and O–H groups in total. The summed E-state index contributed by atoms with van der Waals surface area (Å²) in [7, 11) is 2.59. The Morgan fingerprint density at radius 2 is 1.35 bits per heavy atom. The lowest BCUT2D eigenvalue weighted by Gasteiger charge is -2.37. The number of fused-ring (bicyclic) bond motifs is 2. The molecule has 0 spiro atoms. The molecule has 3 saturated heterocycles. The van der Waals surface area contributed by atoms with Crippen LogP contribution in [0.3, 0.4) is 0 Å². The minimum Gasteiger partial charge on any atom is -0.453 e. The maximum Gasteiger partial charge on any atom is 0.407 e. The van der Waals surface area contributed by atoms with Crippen molar-refractivity contribution in [1.82, 2.24) is 40.4 Å². The van der Waals surface area contributed by atoms with Crippen LogP contribution >= 0.6 is 0 Å². The first-order valence-corrected chi connectivity index (χ1v) is 25.0. The van der Waals surface area contributed by atoms with Gasteiger partial charge >= 0.3 is 12.2 Å². The Labute approximate surface area is 397 Å². The quantitative estimate of drug-likeness (QED) is 0.112. The van der Waals surface area contributed by atoms with E-state index in [0.717, 1.165) is 115 Å². The third-order valence-corrected chi connectivity index (χ3v) is 15.4. The summed E-state index contributed by atoms with van der Waals surface area (Å²) in [5.41, 5.74) is 4.46. The van der Waals surface area contributed by atoms with Gasteiger partial charge in [0.2, 0.25) is 11.8 Å². The highest BCUT2D eigenvalue weighted by Gasteiger charge is 2.42. The summed E-state index contributed by atoms with van der Waals surface area (Å²) >= 11 is 0. The van der Waals surface area contributed by atoms with Crippen molar-refractivity contribution in [1.29, 1.82) is 0 Å². The van der Waals surface area contributed by atoms with Crippen LogP contribution in [0.4, 0.5) is 19.7 Å². The van der Waals surface area contributed by atoms with Crippen LogP contribution in [0.25, 0.3) is 23.2 Å². The SMILES string of the molecule is COC(=O)N[C@H](C(=O)N1CCC[C@H]1c1nc2c([nH]1)=CCC([C@H]1CC[C@H](c3ccc4nc([C@@H]5CCCN5C(=O)[C@@H](NC(=O)OC)C(C)C)[nH]c4c3)N1c1ccc(C3CCCCC3)c(F)c1)C=2)C(C)C. The second-order valence-corrected chi connectivity index (χ2v) is 20.3. The average molecular weight is 934 g/mol. The molecule has 7 atom stereocenters. The number of benzene rings is 2. The minimum absolute atomic E-state index is 0.0452. The van der Waals surface area contributed by atoms with Crippen molar-refractivity contribution in [3.63, 3.8) is 0 Å². The lowest BCUT2D eigenvalue weighted by Crippen LogP contribution is -2.51. The van der Waals surface area contributed by atoms with Crippen molar-refractivity contribution in [2.45, 2.75) is 147 Å². The third kappa shape index (κ3) is 9.31. The van der Waals surface area contributed by atoms with E-state index < -0.39 is 24.3 Å². The maximum absolute atomic E-state index is 16.4. The molecule has 1 saturated carbocycles. The number of imidazole rings is 2. The number of nitrogens with one attached hydrogen (secondary N) is 4. The van der Waals surface area contributed by atoms with Gasteiger partial charge in [0.1, 0.15) is 29.5 Å². The highest BCUT2D eigenvalue weighted by molar-refractivity contribution is 5.87. The number of methoxy groups -OCH3 is 2. The zero-order valence-electron chi connectivity index (χ0n) is 40.4. The zero-order valence-corrected chi connectivity index (χ0v) is 40.4. The second-order valence-electron chi connectivity index (χ2n) is 20.3. The number of anilines is 1. The van der Waals surface area contributed by atoms with Gasteiger partial charge in [0.05, 0.1) is 54.1 Å². The lowest BCUT2D eigenvalue weighted by atomic mass is 9.83. The smallest absolute Gasteiger partial charge is 0.407 e. The van der Waals surface area contributed by atoms with E-state index >= 15 is 4.39 Å². The first-order valence-electron chi connectivity index (χ1n) is 25.0. The molecule has 1 unspecified atom stereocenters. The molecule has 15 nitrogen and oxygen atoms in total. The van der Waals surface area contributed by atoms with Gasteiger partial charge in [-0.3, -0.25) is 9.59 Å².